The lowest BCUT2D eigenvalue weighted by Gasteiger charge is -2.11. The van der Waals surface area contributed by atoms with Crippen LogP contribution in [0.3, 0.4) is 0 Å². The van der Waals surface area contributed by atoms with Crippen molar-refractivity contribution in [1.82, 2.24) is 4.98 Å². The van der Waals surface area contributed by atoms with Gasteiger partial charge in [0.1, 0.15) is 10.8 Å². The molecular formula is C14H15N3O2S. The molecule has 0 unspecified atom stereocenters. The smallest absolute Gasteiger partial charge is 0.162 e. The Morgan fingerprint density at radius 1 is 1.15 bits per heavy atom. The number of hydrogen-bond donors (Lipinski definition) is 2. The zero-order valence-electron chi connectivity index (χ0n) is 11.2. The monoisotopic (exact) mass is 289 g/mol. The van der Waals surface area contributed by atoms with Gasteiger partial charge >= 0.3 is 0 Å². The summed E-state index contributed by atoms with van der Waals surface area (Å²) in [4.78, 5) is 4.58. The Morgan fingerprint density at radius 3 is 2.55 bits per heavy atom. The quantitative estimate of drug-likeness (QED) is 0.824. The molecule has 1 aromatic heterocycles. The van der Waals surface area contributed by atoms with Gasteiger partial charge in [-0.15, -0.1) is 0 Å². The molecule has 0 fully saturated rings. The van der Waals surface area contributed by atoms with Crippen molar-refractivity contribution in [2.45, 2.75) is 0 Å². The average Bonchev–Trinajstić information content (AvgIpc) is 2.47. The average molecular weight is 289 g/mol. The first-order valence-electron chi connectivity index (χ1n) is 5.90. The molecule has 0 aliphatic carbocycles. The van der Waals surface area contributed by atoms with E-state index < -0.39 is 0 Å². The zero-order valence-corrected chi connectivity index (χ0v) is 12.0. The summed E-state index contributed by atoms with van der Waals surface area (Å²) in [5, 5.41) is 3.16. The van der Waals surface area contributed by atoms with E-state index in [0.29, 0.717) is 23.0 Å². The number of nitrogens with one attached hydrogen (secondary N) is 1. The largest absolute Gasteiger partial charge is 0.493 e. The summed E-state index contributed by atoms with van der Waals surface area (Å²) in [6.07, 6.45) is 0. The molecule has 104 valence electrons. The van der Waals surface area contributed by atoms with E-state index in [1.54, 1.807) is 20.3 Å². The van der Waals surface area contributed by atoms with Gasteiger partial charge in [0.25, 0.3) is 0 Å². The number of ether oxygens (including phenoxy) is 2. The van der Waals surface area contributed by atoms with Gasteiger partial charge in [0.2, 0.25) is 0 Å². The van der Waals surface area contributed by atoms with Gasteiger partial charge < -0.3 is 20.5 Å². The molecule has 0 amide bonds. The lowest BCUT2D eigenvalue weighted by atomic mass is 10.2. The van der Waals surface area contributed by atoms with E-state index in [1.165, 1.54) is 0 Å². The van der Waals surface area contributed by atoms with Gasteiger partial charge in [0, 0.05) is 11.8 Å². The van der Waals surface area contributed by atoms with Crippen LogP contribution in [0.5, 0.6) is 11.5 Å². The fraction of sp³-hybridized carbons (Fsp3) is 0.143. The summed E-state index contributed by atoms with van der Waals surface area (Å²) in [5.74, 6) is 1.97. The Hall–Kier alpha value is -2.34. The van der Waals surface area contributed by atoms with Crippen molar-refractivity contribution in [2.75, 3.05) is 19.5 Å². The third-order valence-corrected chi connectivity index (χ3v) is 2.87. The molecule has 0 radical (unpaired) electrons. The number of aromatic nitrogens is 1. The molecule has 20 heavy (non-hydrogen) atoms. The normalized spacial score (nSPS) is 9.90. The number of nitrogens with zero attached hydrogens (tertiary/aromatic N) is 1. The fourth-order valence-corrected chi connectivity index (χ4v) is 1.82. The van der Waals surface area contributed by atoms with Gasteiger partial charge in [-0.05, 0) is 24.3 Å². The number of benzene rings is 1. The second-order valence-electron chi connectivity index (χ2n) is 3.97. The number of anilines is 2. The number of nitrogens with two attached hydrogens (primary N) is 1. The van der Waals surface area contributed by atoms with Crippen molar-refractivity contribution < 1.29 is 9.47 Å². The first-order chi connectivity index (χ1) is 9.63. The van der Waals surface area contributed by atoms with Crippen molar-refractivity contribution in [3.8, 4) is 11.5 Å². The Morgan fingerprint density at radius 2 is 1.90 bits per heavy atom. The third-order valence-electron chi connectivity index (χ3n) is 2.66. The highest BCUT2D eigenvalue weighted by molar-refractivity contribution is 7.80. The van der Waals surface area contributed by atoms with E-state index in [-0.39, 0.29) is 4.99 Å². The second-order valence-corrected chi connectivity index (χ2v) is 4.41. The molecule has 3 N–H and O–H groups in total. The molecule has 2 rings (SSSR count). The Balaban J connectivity index is 2.25. The minimum atomic E-state index is 0.265. The van der Waals surface area contributed by atoms with Crippen LogP contribution in [0.1, 0.15) is 5.69 Å². The molecular weight excluding hydrogens is 274 g/mol. The van der Waals surface area contributed by atoms with Crippen LogP contribution >= 0.6 is 12.2 Å². The molecule has 6 heteroatoms. The molecule has 2 aromatic rings. The SMILES string of the molecule is COc1ccc(Nc2cccc(C(N)=S)n2)cc1OC. The van der Waals surface area contributed by atoms with Crippen LogP contribution in [0.2, 0.25) is 0 Å². The highest BCUT2D eigenvalue weighted by Gasteiger charge is 2.06. The minimum Gasteiger partial charge on any atom is -0.493 e. The third kappa shape index (κ3) is 3.16. The van der Waals surface area contributed by atoms with Crippen molar-refractivity contribution in [2.24, 2.45) is 5.73 Å². The van der Waals surface area contributed by atoms with E-state index in [9.17, 15) is 0 Å². The summed E-state index contributed by atoms with van der Waals surface area (Å²) < 4.78 is 10.4. The van der Waals surface area contributed by atoms with Gasteiger partial charge in [0.15, 0.2) is 11.5 Å². The van der Waals surface area contributed by atoms with Crippen LogP contribution in [0.25, 0.3) is 0 Å². The lowest BCUT2D eigenvalue weighted by molar-refractivity contribution is 0.355. The van der Waals surface area contributed by atoms with E-state index in [0.717, 1.165) is 5.69 Å². The Bertz CT molecular complexity index is 632. The van der Waals surface area contributed by atoms with E-state index in [2.05, 4.69) is 10.3 Å². The summed E-state index contributed by atoms with van der Waals surface area (Å²) in [5.41, 5.74) is 6.97. The number of rotatable bonds is 5. The summed E-state index contributed by atoms with van der Waals surface area (Å²) in [6.45, 7) is 0. The second kappa shape index (κ2) is 6.21. The van der Waals surface area contributed by atoms with Gasteiger partial charge in [-0.1, -0.05) is 18.3 Å². The molecule has 5 nitrogen and oxygen atoms in total. The van der Waals surface area contributed by atoms with Crippen LogP contribution < -0.4 is 20.5 Å². The predicted octanol–water partition coefficient (Wildman–Crippen LogP) is 2.48. The summed E-state index contributed by atoms with van der Waals surface area (Å²) >= 11 is 4.91. The first-order valence-corrected chi connectivity index (χ1v) is 6.31. The fourth-order valence-electron chi connectivity index (χ4n) is 1.70. The van der Waals surface area contributed by atoms with Crippen LogP contribution in [-0.4, -0.2) is 24.2 Å². The lowest BCUT2D eigenvalue weighted by Crippen LogP contribution is -2.12. The van der Waals surface area contributed by atoms with Crippen LogP contribution in [0.15, 0.2) is 36.4 Å². The zero-order chi connectivity index (χ0) is 14.5. The van der Waals surface area contributed by atoms with E-state index in [1.807, 2.05) is 30.3 Å². The predicted molar refractivity (Wildman–Crippen MR) is 83.0 cm³/mol. The van der Waals surface area contributed by atoms with Crippen molar-refractivity contribution >= 4 is 28.7 Å². The number of pyridine rings is 1. The molecule has 0 aliphatic rings. The highest BCUT2D eigenvalue weighted by Crippen LogP contribution is 2.30. The van der Waals surface area contributed by atoms with E-state index in [4.69, 9.17) is 27.4 Å². The van der Waals surface area contributed by atoms with Gasteiger partial charge in [0.05, 0.1) is 19.9 Å². The highest BCUT2D eigenvalue weighted by atomic mass is 32.1. The Kier molecular flexibility index (Phi) is 4.37. The topological polar surface area (TPSA) is 69.4 Å². The maximum Gasteiger partial charge on any atom is 0.162 e. The minimum absolute atomic E-state index is 0.265. The van der Waals surface area contributed by atoms with Crippen LogP contribution in [0.4, 0.5) is 11.5 Å². The maximum absolute atomic E-state index is 5.56. The van der Waals surface area contributed by atoms with Gasteiger partial charge in [-0.25, -0.2) is 4.98 Å². The molecule has 0 spiro atoms. The molecule has 0 aliphatic heterocycles. The molecule has 1 aromatic carbocycles. The molecule has 0 saturated carbocycles. The summed E-state index contributed by atoms with van der Waals surface area (Å²) in [6, 6.07) is 11.0. The summed E-state index contributed by atoms with van der Waals surface area (Å²) in [7, 11) is 3.19. The van der Waals surface area contributed by atoms with Crippen LogP contribution in [0, 0.1) is 0 Å². The van der Waals surface area contributed by atoms with Crippen LogP contribution in [-0.2, 0) is 0 Å². The van der Waals surface area contributed by atoms with Gasteiger partial charge in [-0.3, -0.25) is 0 Å². The first kappa shape index (κ1) is 14.1. The van der Waals surface area contributed by atoms with E-state index >= 15 is 0 Å². The molecule has 1 heterocycles. The van der Waals surface area contributed by atoms with Crippen molar-refractivity contribution in [3.63, 3.8) is 0 Å². The standard InChI is InChI=1S/C14H15N3O2S/c1-18-11-7-6-9(8-12(11)19-2)16-13-5-3-4-10(17-13)14(15)20/h3-8H,1-2H3,(H2,15,20)(H,16,17). The van der Waals surface area contributed by atoms with Crippen molar-refractivity contribution in [3.05, 3.63) is 42.1 Å². The molecule has 0 atom stereocenters. The number of thiocarbonyl (C=S) groups is 1. The van der Waals surface area contributed by atoms with Crippen molar-refractivity contribution in [1.29, 1.82) is 0 Å². The molecule has 0 saturated heterocycles. The Labute approximate surface area is 122 Å². The maximum atomic E-state index is 5.56. The van der Waals surface area contributed by atoms with Gasteiger partial charge in [-0.2, -0.15) is 0 Å². The molecule has 0 bridgehead atoms. The number of hydrogen-bond acceptors (Lipinski definition) is 5. The number of methoxy groups -OCH3 is 2.